The van der Waals surface area contributed by atoms with Crippen molar-refractivity contribution in [2.75, 3.05) is 16.9 Å². The minimum absolute atomic E-state index is 0.0393. The van der Waals surface area contributed by atoms with Crippen molar-refractivity contribution in [2.45, 2.75) is 32.6 Å². The van der Waals surface area contributed by atoms with Crippen molar-refractivity contribution in [1.82, 2.24) is 0 Å². The Hall–Kier alpha value is -4.43. The zero-order chi connectivity index (χ0) is 31.1. The molecule has 3 aromatic carbocycles. The molecule has 0 spiro atoms. The van der Waals surface area contributed by atoms with E-state index in [1.54, 1.807) is 61.5 Å². The van der Waals surface area contributed by atoms with Gasteiger partial charge < -0.3 is 9.84 Å². The number of imide groups is 2. The summed E-state index contributed by atoms with van der Waals surface area (Å²) in [5.41, 5.74) is 1.68. The van der Waals surface area contributed by atoms with Gasteiger partial charge in [-0.1, -0.05) is 47.5 Å². The van der Waals surface area contributed by atoms with E-state index in [9.17, 15) is 24.3 Å². The number of allylic oxidation sites excluding steroid dienone is 2. The second-order valence-corrected chi connectivity index (χ2v) is 12.8. The van der Waals surface area contributed by atoms with Crippen LogP contribution in [-0.2, 0) is 19.2 Å². The first-order chi connectivity index (χ1) is 21.1. The van der Waals surface area contributed by atoms with Crippen LogP contribution in [0.5, 0.6) is 11.5 Å². The van der Waals surface area contributed by atoms with Crippen molar-refractivity contribution in [2.24, 2.45) is 29.1 Å². The lowest BCUT2D eigenvalue weighted by Crippen LogP contribution is -2.48. The highest BCUT2D eigenvalue weighted by Gasteiger charge is 2.68. The Morgan fingerprint density at radius 3 is 2.34 bits per heavy atom. The quantitative estimate of drug-likeness (QED) is 0.296. The summed E-state index contributed by atoms with van der Waals surface area (Å²) in [5.74, 6) is -4.29. The topological polar surface area (TPSA) is 104 Å². The van der Waals surface area contributed by atoms with Gasteiger partial charge in [0.25, 0.3) is 0 Å². The molecule has 3 fully saturated rings. The first-order valence-corrected chi connectivity index (χ1v) is 15.1. The Balaban J connectivity index is 1.38. The van der Waals surface area contributed by atoms with Crippen molar-refractivity contribution in [3.05, 3.63) is 94.5 Å². The number of aromatic hydroxyl groups is 1. The van der Waals surface area contributed by atoms with Gasteiger partial charge in [0.15, 0.2) is 0 Å². The van der Waals surface area contributed by atoms with Crippen molar-refractivity contribution in [3.63, 3.8) is 0 Å². The van der Waals surface area contributed by atoms with Crippen LogP contribution in [0, 0.1) is 36.0 Å². The van der Waals surface area contributed by atoms with Crippen LogP contribution in [0.15, 0.2) is 78.4 Å². The third-order valence-electron chi connectivity index (χ3n) is 10.2. The van der Waals surface area contributed by atoms with Crippen LogP contribution in [0.1, 0.15) is 36.8 Å². The number of aryl methyl sites for hydroxylation is 1. The van der Waals surface area contributed by atoms with Gasteiger partial charge in [-0.05, 0) is 80.6 Å². The largest absolute Gasteiger partial charge is 0.508 e. The number of benzene rings is 3. The van der Waals surface area contributed by atoms with Crippen molar-refractivity contribution >= 4 is 46.6 Å². The second kappa shape index (κ2) is 10.1. The smallest absolute Gasteiger partial charge is 0.241 e. The van der Waals surface area contributed by atoms with Crippen molar-refractivity contribution in [1.29, 1.82) is 0 Å². The highest BCUT2D eigenvalue weighted by Crippen LogP contribution is 2.64. The summed E-state index contributed by atoms with van der Waals surface area (Å²) in [4.78, 5) is 59.2. The number of halogens is 1. The number of hydrogen-bond donors (Lipinski definition) is 1. The molecule has 2 heterocycles. The summed E-state index contributed by atoms with van der Waals surface area (Å²) in [6, 6.07) is 18.8. The maximum Gasteiger partial charge on any atom is 0.241 e. The van der Waals surface area contributed by atoms with E-state index in [1.165, 1.54) is 23.0 Å². The fourth-order valence-corrected chi connectivity index (χ4v) is 8.22. The first-order valence-electron chi connectivity index (χ1n) is 14.7. The Morgan fingerprint density at radius 2 is 1.64 bits per heavy atom. The SMILES string of the molecule is COc1ccc(O)c([C@H]2C3=CC[C@@H]4C(=O)N(c5ccc(C)c(Cl)c5)C(=O)[C@@H]4[C@@H]3C[C@H]3C(=O)N(c4ccccc4)C(=O)[C@@]23C)c1. The van der Waals surface area contributed by atoms with E-state index in [0.717, 1.165) is 11.1 Å². The van der Waals surface area contributed by atoms with Gasteiger partial charge in [-0.3, -0.25) is 19.2 Å². The molecule has 0 radical (unpaired) electrons. The highest BCUT2D eigenvalue weighted by molar-refractivity contribution is 6.32. The fraction of sp³-hybridized carbons (Fsp3) is 0.314. The summed E-state index contributed by atoms with van der Waals surface area (Å²) in [6.45, 7) is 3.64. The van der Waals surface area contributed by atoms with Gasteiger partial charge in [-0.2, -0.15) is 0 Å². The summed E-state index contributed by atoms with van der Waals surface area (Å²) < 4.78 is 5.49. The number of phenols is 1. The summed E-state index contributed by atoms with van der Waals surface area (Å²) in [7, 11) is 1.52. The molecule has 0 unspecified atom stereocenters. The van der Waals surface area contributed by atoms with Crippen molar-refractivity contribution in [3.8, 4) is 11.5 Å². The molecule has 3 aromatic rings. The van der Waals surface area contributed by atoms with Gasteiger partial charge in [-0.15, -0.1) is 0 Å². The Kier molecular flexibility index (Phi) is 6.48. The molecule has 4 amide bonds. The molecule has 0 aromatic heterocycles. The monoisotopic (exact) mass is 610 g/mol. The van der Waals surface area contributed by atoms with Crippen molar-refractivity contribution < 1.29 is 29.0 Å². The molecule has 9 heteroatoms. The van der Waals surface area contributed by atoms with Crippen LogP contribution in [0.3, 0.4) is 0 Å². The Bertz CT molecular complexity index is 1790. The molecule has 1 N–H and O–H groups in total. The number of anilines is 2. The maximum atomic E-state index is 14.5. The van der Waals surface area contributed by atoms with E-state index in [4.69, 9.17) is 16.3 Å². The van der Waals surface area contributed by atoms with E-state index < -0.39 is 35.0 Å². The number of ether oxygens (including phenoxy) is 1. The summed E-state index contributed by atoms with van der Waals surface area (Å²) >= 11 is 6.38. The zero-order valence-corrected chi connectivity index (χ0v) is 25.2. The second-order valence-electron chi connectivity index (χ2n) is 12.4. The molecular formula is C35H31ClN2O6. The van der Waals surface area contributed by atoms with E-state index in [-0.39, 0.29) is 35.8 Å². The van der Waals surface area contributed by atoms with Gasteiger partial charge in [0, 0.05) is 16.5 Å². The molecule has 8 nitrogen and oxygen atoms in total. The van der Waals surface area contributed by atoms with Gasteiger partial charge in [0.1, 0.15) is 11.5 Å². The number of phenolic OH excluding ortho intramolecular Hbond substituents is 1. The van der Waals surface area contributed by atoms with Crippen LogP contribution in [0.2, 0.25) is 5.02 Å². The maximum absolute atomic E-state index is 14.5. The minimum Gasteiger partial charge on any atom is -0.508 e. The summed E-state index contributed by atoms with van der Waals surface area (Å²) in [5, 5.41) is 11.7. The number of carbonyl (C=O) groups excluding carboxylic acids is 4. The molecule has 7 rings (SSSR count). The van der Waals surface area contributed by atoms with Crippen LogP contribution in [-0.4, -0.2) is 35.8 Å². The third-order valence-corrected chi connectivity index (χ3v) is 10.7. The molecule has 1 saturated carbocycles. The summed E-state index contributed by atoms with van der Waals surface area (Å²) in [6.07, 6.45) is 2.47. The fourth-order valence-electron chi connectivity index (χ4n) is 8.05. The number of nitrogens with zero attached hydrogens (tertiary/aromatic N) is 2. The molecule has 44 heavy (non-hydrogen) atoms. The number of rotatable bonds is 4. The normalized spacial score (nSPS) is 29.4. The third kappa shape index (κ3) is 3.83. The van der Waals surface area contributed by atoms with Crippen LogP contribution in [0.4, 0.5) is 11.4 Å². The molecule has 4 aliphatic rings. The molecule has 6 atom stereocenters. The molecule has 224 valence electrons. The standard InChI is InChI=1S/C35H31ClN2O6/c1-18-9-10-20(15-27(18)36)37-31(40)23-13-12-22-24(29(23)33(37)42)17-26-32(41)38(19-7-5-4-6-8-19)34(43)35(26,2)30(22)25-16-21(44-3)11-14-28(25)39/h4-12,14-16,23-24,26,29-30,39H,13,17H2,1-3H3/t23-,24+,26-,29-,30+,35+/m0/s1. The van der Waals surface area contributed by atoms with E-state index in [2.05, 4.69) is 0 Å². The van der Waals surface area contributed by atoms with Crippen LogP contribution >= 0.6 is 11.6 Å². The number of hydrogen-bond acceptors (Lipinski definition) is 6. The van der Waals surface area contributed by atoms with Gasteiger partial charge in [-0.25, -0.2) is 9.80 Å². The lowest BCUT2D eigenvalue weighted by molar-refractivity contribution is -0.131. The lowest BCUT2D eigenvalue weighted by atomic mass is 9.51. The van der Waals surface area contributed by atoms with E-state index in [0.29, 0.717) is 34.1 Å². The van der Waals surface area contributed by atoms with Gasteiger partial charge in [0.05, 0.1) is 41.7 Å². The average Bonchev–Trinajstić information content (AvgIpc) is 3.39. The predicted octanol–water partition coefficient (Wildman–Crippen LogP) is 5.80. The predicted molar refractivity (Wildman–Crippen MR) is 164 cm³/mol. The zero-order valence-electron chi connectivity index (χ0n) is 24.5. The Labute approximate surface area is 259 Å². The average molecular weight is 611 g/mol. The van der Waals surface area contributed by atoms with Crippen LogP contribution in [0.25, 0.3) is 0 Å². The molecule has 2 aliphatic heterocycles. The Morgan fingerprint density at radius 1 is 0.886 bits per heavy atom. The van der Waals surface area contributed by atoms with E-state index in [1.807, 2.05) is 19.1 Å². The van der Waals surface area contributed by atoms with Gasteiger partial charge >= 0.3 is 0 Å². The molecular weight excluding hydrogens is 580 g/mol. The number of methoxy groups -OCH3 is 1. The highest BCUT2D eigenvalue weighted by atomic mass is 35.5. The minimum atomic E-state index is -1.26. The molecule has 2 aliphatic carbocycles. The lowest BCUT2D eigenvalue weighted by Gasteiger charge is -2.49. The molecule has 2 saturated heterocycles. The number of fused-ring (bicyclic) bond motifs is 4. The molecule has 0 bridgehead atoms. The number of amides is 4. The first kappa shape index (κ1) is 28.3. The van der Waals surface area contributed by atoms with Gasteiger partial charge in [0.2, 0.25) is 23.6 Å². The number of para-hydroxylation sites is 1. The number of carbonyl (C=O) groups is 4. The van der Waals surface area contributed by atoms with E-state index >= 15 is 0 Å². The van der Waals surface area contributed by atoms with Crippen LogP contribution < -0.4 is 14.5 Å².